The molecule has 0 spiro atoms. The van der Waals surface area contributed by atoms with Crippen molar-refractivity contribution < 1.29 is 47.3 Å². The van der Waals surface area contributed by atoms with E-state index in [1.807, 2.05) is 0 Å². The van der Waals surface area contributed by atoms with E-state index in [0.717, 1.165) is 25.7 Å². The van der Waals surface area contributed by atoms with Crippen LogP contribution in [0.3, 0.4) is 0 Å². The van der Waals surface area contributed by atoms with Crippen LogP contribution in [0.4, 0.5) is 0 Å². The predicted molar refractivity (Wildman–Crippen MR) is 142 cm³/mol. The summed E-state index contributed by atoms with van der Waals surface area (Å²) in [5.41, 5.74) is 0. The third-order valence-electron chi connectivity index (χ3n) is 6.47. The second kappa shape index (κ2) is 39.1. The first-order chi connectivity index (χ1) is 17.5. The Labute approximate surface area is 239 Å². The van der Waals surface area contributed by atoms with E-state index in [-0.39, 0.29) is 12.8 Å². The van der Waals surface area contributed by atoms with Crippen LogP contribution in [0.5, 0.6) is 0 Å². The molecular formula is C30H58O5Zr. The normalized spacial score (nSPS) is 10.2. The Morgan fingerprint density at radius 2 is 0.556 bits per heavy atom. The summed E-state index contributed by atoms with van der Waals surface area (Å²) in [6.45, 7) is 4.50. The first-order valence-corrected chi connectivity index (χ1v) is 16.1. The van der Waals surface area contributed by atoms with E-state index >= 15 is 0 Å². The average molecular weight is 590 g/mol. The molecule has 0 aromatic rings. The van der Waals surface area contributed by atoms with Crippen molar-refractivity contribution in [1.82, 2.24) is 0 Å². The van der Waals surface area contributed by atoms with Gasteiger partial charge in [0.15, 0.2) is 0 Å². The zero-order chi connectivity index (χ0) is 27.5. The van der Waals surface area contributed by atoms with Crippen LogP contribution in [0.2, 0.25) is 0 Å². The maximum absolute atomic E-state index is 10.2. The SMILES string of the molecule is CCCCCCCCCCCCCCC(=O)[O-].CCCCCCCCCCCCCCC(=O)[O-].[O]=[Zr+2]. The number of hydrogen-bond acceptors (Lipinski definition) is 5. The molecule has 0 radical (unpaired) electrons. The fourth-order valence-electron chi connectivity index (χ4n) is 4.22. The molecule has 0 rings (SSSR count). The van der Waals surface area contributed by atoms with Crippen LogP contribution in [0, 0.1) is 0 Å². The van der Waals surface area contributed by atoms with Crippen LogP contribution in [-0.4, -0.2) is 11.9 Å². The topological polar surface area (TPSA) is 97.3 Å². The first-order valence-electron chi connectivity index (χ1n) is 15.1. The summed E-state index contributed by atoms with van der Waals surface area (Å²) in [5.74, 6) is -1.81. The standard InChI is InChI=1S/2C15H30O2.O.Zr/c2*1-2-3-4-5-6-7-8-9-10-11-12-13-14-15(16)17;;/h2*2-14H2,1H3,(H,16,17);;/q;;;+2/p-2. The van der Waals surface area contributed by atoms with Crippen molar-refractivity contribution in [2.45, 2.75) is 181 Å². The van der Waals surface area contributed by atoms with Gasteiger partial charge in [0.25, 0.3) is 0 Å². The summed E-state index contributed by atoms with van der Waals surface area (Å²) in [6, 6.07) is 0. The van der Waals surface area contributed by atoms with E-state index in [1.54, 1.807) is 0 Å². The molecule has 0 aliphatic heterocycles. The Balaban J connectivity index is -0.000000565. The van der Waals surface area contributed by atoms with Gasteiger partial charge in [-0.15, -0.1) is 0 Å². The molecule has 36 heavy (non-hydrogen) atoms. The summed E-state index contributed by atoms with van der Waals surface area (Å²) in [7, 11) is 0. The van der Waals surface area contributed by atoms with Crippen molar-refractivity contribution in [2.75, 3.05) is 0 Å². The van der Waals surface area contributed by atoms with Gasteiger partial charge in [0.1, 0.15) is 0 Å². The molecule has 0 aliphatic carbocycles. The zero-order valence-corrected chi connectivity index (χ0v) is 26.4. The molecular weight excluding hydrogens is 532 g/mol. The van der Waals surface area contributed by atoms with E-state index in [2.05, 4.69) is 13.8 Å². The molecule has 6 heteroatoms. The van der Waals surface area contributed by atoms with E-state index in [0.29, 0.717) is 24.7 Å². The molecule has 0 saturated carbocycles. The molecule has 0 heterocycles. The van der Waals surface area contributed by atoms with Crippen LogP contribution >= 0.6 is 0 Å². The van der Waals surface area contributed by atoms with Gasteiger partial charge in [0, 0.05) is 11.9 Å². The number of aliphatic carboxylic acids is 2. The van der Waals surface area contributed by atoms with Gasteiger partial charge in [-0.1, -0.05) is 155 Å². The zero-order valence-electron chi connectivity index (χ0n) is 23.9. The number of carbonyl (C=O) groups is 2. The van der Waals surface area contributed by atoms with Crippen molar-refractivity contribution in [1.29, 1.82) is 0 Å². The molecule has 212 valence electrons. The number of hydrogen-bond donors (Lipinski definition) is 0. The third-order valence-corrected chi connectivity index (χ3v) is 6.47. The molecule has 0 aliphatic rings. The Morgan fingerprint density at radius 3 is 0.722 bits per heavy atom. The van der Waals surface area contributed by atoms with E-state index in [4.69, 9.17) is 2.81 Å². The van der Waals surface area contributed by atoms with Crippen molar-refractivity contribution in [3.05, 3.63) is 0 Å². The van der Waals surface area contributed by atoms with Crippen molar-refractivity contribution in [3.63, 3.8) is 0 Å². The summed E-state index contributed by atoms with van der Waals surface area (Å²) in [6.07, 6.45) is 31.0. The molecule has 0 aromatic carbocycles. The molecule has 0 atom stereocenters. The molecule has 0 unspecified atom stereocenters. The van der Waals surface area contributed by atoms with Crippen molar-refractivity contribution in [3.8, 4) is 0 Å². The predicted octanol–water partition coefficient (Wildman–Crippen LogP) is 7.53. The van der Waals surface area contributed by atoms with Gasteiger partial charge in [0.2, 0.25) is 0 Å². The van der Waals surface area contributed by atoms with Crippen LogP contribution < -0.4 is 10.2 Å². The van der Waals surface area contributed by atoms with Crippen molar-refractivity contribution in [2.24, 2.45) is 0 Å². The summed E-state index contributed by atoms with van der Waals surface area (Å²) >= 11 is 0.300. The molecule has 0 bridgehead atoms. The maximum atomic E-state index is 10.2. The van der Waals surface area contributed by atoms with Gasteiger partial charge in [-0.05, 0) is 25.7 Å². The fourth-order valence-corrected chi connectivity index (χ4v) is 4.22. The summed E-state index contributed by atoms with van der Waals surface area (Å²) in [5, 5.41) is 20.3. The fraction of sp³-hybridized carbons (Fsp3) is 0.933. The second-order valence-electron chi connectivity index (χ2n) is 10.0. The van der Waals surface area contributed by atoms with E-state index in [9.17, 15) is 19.8 Å². The van der Waals surface area contributed by atoms with Gasteiger partial charge in [0.05, 0.1) is 0 Å². The number of unbranched alkanes of at least 4 members (excludes halogenated alkanes) is 22. The summed E-state index contributed by atoms with van der Waals surface area (Å²) < 4.78 is 8.34. The van der Waals surface area contributed by atoms with E-state index in [1.165, 1.54) is 128 Å². The monoisotopic (exact) mass is 588 g/mol. The molecule has 0 saturated heterocycles. The number of carbonyl (C=O) groups excluding carboxylic acids is 2. The molecule has 0 N–H and O–H groups in total. The minimum absolute atomic E-state index is 0.234. The summed E-state index contributed by atoms with van der Waals surface area (Å²) in [4.78, 5) is 20.3. The number of carboxylic acids is 2. The van der Waals surface area contributed by atoms with Gasteiger partial charge >= 0.3 is 27.5 Å². The van der Waals surface area contributed by atoms with Gasteiger partial charge in [-0.25, -0.2) is 0 Å². The van der Waals surface area contributed by atoms with Gasteiger partial charge in [-0.3, -0.25) is 0 Å². The molecule has 5 nitrogen and oxygen atoms in total. The second-order valence-corrected chi connectivity index (χ2v) is 10.0. The third kappa shape index (κ3) is 46.9. The van der Waals surface area contributed by atoms with Crippen LogP contribution in [0.25, 0.3) is 0 Å². The first kappa shape index (κ1) is 40.1. The number of carboxylic acid groups (broad SMARTS) is 2. The minimum atomic E-state index is -0.905. The molecule has 0 fully saturated rings. The van der Waals surface area contributed by atoms with E-state index < -0.39 is 11.9 Å². The Morgan fingerprint density at radius 1 is 0.389 bits per heavy atom. The van der Waals surface area contributed by atoms with Gasteiger partial charge < -0.3 is 19.8 Å². The van der Waals surface area contributed by atoms with Gasteiger partial charge in [-0.2, -0.15) is 0 Å². The Kier molecular flexibility index (Phi) is 43.6. The van der Waals surface area contributed by atoms with Crippen LogP contribution in [-0.2, 0) is 37.1 Å². The number of rotatable bonds is 26. The van der Waals surface area contributed by atoms with Crippen molar-refractivity contribution >= 4 is 11.9 Å². The Bertz CT molecular complexity index is 394. The molecule has 0 aromatic heterocycles. The van der Waals surface area contributed by atoms with Crippen LogP contribution in [0.15, 0.2) is 0 Å². The van der Waals surface area contributed by atoms with Crippen LogP contribution in [0.1, 0.15) is 181 Å². The quantitative estimate of drug-likeness (QED) is 0.0971. The average Bonchev–Trinajstić information content (AvgIpc) is 2.86. The molecule has 0 amide bonds. The Hall–Kier alpha value is -0.377.